The zero-order valence-corrected chi connectivity index (χ0v) is 14.6. The summed E-state index contributed by atoms with van der Waals surface area (Å²) in [5.41, 5.74) is 1.09. The van der Waals surface area contributed by atoms with E-state index in [1.165, 1.54) is 0 Å². The SMILES string of the molecule is C[C@@H](c1ccc(Br)cc1)N1CCCCC(O)CCCOC1=O. The van der Waals surface area contributed by atoms with Crippen molar-refractivity contribution in [3.05, 3.63) is 34.3 Å². The highest BCUT2D eigenvalue weighted by atomic mass is 79.9. The number of amides is 1. The molecule has 2 rings (SSSR count). The molecule has 1 heterocycles. The van der Waals surface area contributed by atoms with Crippen LogP contribution in [0, 0.1) is 0 Å². The van der Waals surface area contributed by atoms with Gasteiger partial charge in [0.05, 0.1) is 18.8 Å². The van der Waals surface area contributed by atoms with Crippen molar-refractivity contribution in [3.63, 3.8) is 0 Å². The van der Waals surface area contributed by atoms with Gasteiger partial charge in [-0.1, -0.05) is 28.1 Å². The Bertz CT molecular complexity index is 477. The van der Waals surface area contributed by atoms with Crippen LogP contribution in [0.4, 0.5) is 4.79 Å². The van der Waals surface area contributed by atoms with E-state index in [-0.39, 0.29) is 18.2 Å². The summed E-state index contributed by atoms with van der Waals surface area (Å²) in [4.78, 5) is 14.1. The van der Waals surface area contributed by atoms with E-state index < -0.39 is 0 Å². The molecule has 1 aromatic rings. The minimum atomic E-state index is -0.269. The first-order valence-electron chi connectivity index (χ1n) is 7.95. The van der Waals surface area contributed by atoms with Gasteiger partial charge < -0.3 is 14.7 Å². The fourth-order valence-electron chi connectivity index (χ4n) is 2.73. The topological polar surface area (TPSA) is 49.8 Å². The Morgan fingerprint density at radius 1 is 1.23 bits per heavy atom. The summed E-state index contributed by atoms with van der Waals surface area (Å²) in [6.07, 6.45) is 3.50. The number of hydrogen-bond donors (Lipinski definition) is 1. The summed E-state index contributed by atoms with van der Waals surface area (Å²) in [6, 6.07) is 8.00. The van der Waals surface area contributed by atoms with Gasteiger partial charge in [0.2, 0.25) is 0 Å². The van der Waals surface area contributed by atoms with Crippen LogP contribution in [0.1, 0.15) is 50.6 Å². The number of halogens is 1. The highest BCUT2D eigenvalue weighted by molar-refractivity contribution is 9.10. The Balaban J connectivity index is 2.07. The standard InChI is InChI=1S/C17H24BrNO3/c1-13(14-7-9-15(18)10-8-14)19-11-3-2-5-16(20)6-4-12-22-17(19)21/h7-10,13,16,20H,2-6,11-12H2,1H3/t13-,16?/m0/s1. The number of nitrogens with zero attached hydrogens (tertiary/aromatic N) is 1. The van der Waals surface area contributed by atoms with E-state index in [2.05, 4.69) is 15.9 Å². The molecule has 4 nitrogen and oxygen atoms in total. The average Bonchev–Trinajstić information content (AvgIpc) is 2.54. The third-order valence-corrected chi connectivity index (χ3v) is 4.68. The molecule has 1 fully saturated rings. The molecule has 1 aliphatic heterocycles. The maximum Gasteiger partial charge on any atom is 0.410 e. The lowest BCUT2D eigenvalue weighted by Crippen LogP contribution is -2.35. The van der Waals surface area contributed by atoms with Crippen LogP contribution in [0.25, 0.3) is 0 Å². The molecule has 1 amide bonds. The van der Waals surface area contributed by atoms with E-state index in [0.717, 1.165) is 29.3 Å². The lowest BCUT2D eigenvalue weighted by atomic mass is 10.1. The van der Waals surface area contributed by atoms with Crippen LogP contribution in [0.15, 0.2) is 28.7 Å². The first kappa shape index (κ1) is 17.3. The molecule has 1 N–H and O–H groups in total. The fraction of sp³-hybridized carbons (Fsp3) is 0.588. The summed E-state index contributed by atoms with van der Waals surface area (Å²) < 4.78 is 6.39. The minimum Gasteiger partial charge on any atom is -0.449 e. The van der Waals surface area contributed by atoms with Crippen LogP contribution >= 0.6 is 15.9 Å². The monoisotopic (exact) mass is 369 g/mol. The van der Waals surface area contributed by atoms with Crippen LogP contribution in [0.3, 0.4) is 0 Å². The van der Waals surface area contributed by atoms with E-state index in [1.807, 2.05) is 31.2 Å². The third-order valence-electron chi connectivity index (χ3n) is 4.15. The first-order chi connectivity index (χ1) is 10.6. The highest BCUT2D eigenvalue weighted by Crippen LogP contribution is 2.24. The summed E-state index contributed by atoms with van der Waals surface area (Å²) in [6.45, 7) is 3.06. The van der Waals surface area contributed by atoms with E-state index in [0.29, 0.717) is 26.0 Å². The highest BCUT2D eigenvalue weighted by Gasteiger charge is 2.23. The predicted molar refractivity (Wildman–Crippen MR) is 89.7 cm³/mol. The van der Waals surface area contributed by atoms with Gasteiger partial charge in [-0.3, -0.25) is 0 Å². The number of benzene rings is 1. The van der Waals surface area contributed by atoms with Gasteiger partial charge in [0.25, 0.3) is 0 Å². The molecule has 22 heavy (non-hydrogen) atoms. The molecule has 0 radical (unpaired) electrons. The summed E-state index contributed by atoms with van der Waals surface area (Å²) in [5, 5.41) is 9.81. The quantitative estimate of drug-likeness (QED) is 0.846. The van der Waals surface area contributed by atoms with Crippen molar-refractivity contribution in [1.29, 1.82) is 0 Å². The smallest absolute Gasteiger partial charge is 0.410 e. The van der Waals surface area contributed by atoms with Crippen molar-refractivity contribution < 1.29 is 14.6 Å². The van der Waals surface area contributed by atoms with Crippen LogP contribution in [-0.4, -0.2) is 35.4 Å². The number of hydrogen-bond acceptors (Lipinski definition) is 3. The molecule has 0 saturated carbocycles. The van der Waals surface area contributed by atoms with Crippen molar-refractivity contribution in [2.45, 2.75) is 51.2 Å². The molecular weight excluding hydrogens is 346 g/mol. The molecule has 5 heteroatoms. The maximum absolute atomic E-state index is 12.3. The van der Waals surface area contributed by atoms with E-state index in [4.69, 9.17) is 4.74 Å². The van der Waals surface area contributed by atoms with Gasteiger partial charge in [-0.25, -0.2) is 4.79 Å². The second kappa shape index (κ2) is 8.53. The number of ether oxygens (including phenoxy) is 1. The molecule has 0 aromatic heterocycles. The van der Waals surface area contributed by atoms with Crippen molar-refractivity contribution in [3.8, 4) is 0 Å². The molecule has 2 atom stereocenters. The third kappa shape index (κ3) is 4.99. The largest absolute Gasteiger partial charge is 0.449 e. The summed E-state index contributed by atoms with van der Waals surface area (Å²) >= 11 is 3.43. The number of cyclic esters (lactones) is 1. The average molecular weight is 370 g/mol. The normalized spacial score (nSPS) is 22.6. The van der Waals surface area contributed by atoms with Crippen LogP contribution < -0.4 is 0 Å². The zero-order valence-electron chi connectivity index (χ0n) is 13.0. The van der Waals surface area contributed by atoms with Gasteiger partial charge in [-0.15, -0.1) is 0 Å². The predicted octanol–water partition coefficient (Wildman–Crippen LogP) is 4.27. The van der Waals surface area contributed by atoms with Gasteiger partial charge in [0.15, 0.2) is 0 Å². The number of carbonyl (C=O) groups excluding carboxylic acids is 1. The zero-order chi connectivity index (χ0) is 15.9. The lowest BCUT2D eigenvalue weighted by molar-refractivity contribution is 0.0844. The summed E-state index contributed by atoms with van der Waals surface area (Å²) in [7, 11) is 0. The van der Waals surface area contributed by atoms with Gasteiger partial charge in [0, 0.05) is 11.0 Å². The molecule has 1 aliphatic rings. The maximum atomic E-state index is 12.3. The van der Waals surface area contributed by atoms with Crippen molar-refractivity contribution in [2.24, 2.45) is 0 Å². The van der Waals surface area contributed by atoms with Crippen molar-refractivity contribution in [1.82, 2.24) is 4.90 Å². The lowest BCUT2D eigenvalue weighted by Gasteiger charge is -2.28. The molecule has 1 aromatic carbocycles. The molecule has 1 saturated heterocycles. The van der Waals surface area contributed by atoms with Crippen molar-refractivity contribution >= 4 is 22.0 Å². The number of aliphatic hydroxyl groups is 1. The molecular formula is C17H24BrNO3. The first-order valence-corrected chi connectivity index (χ1v) is 8.74. The minimum absolute atomic E-state index is 0.0220. The van der Waals surface area contributed by atoms with Crippen LogP contribution in [-0.2, 0) is 4.74 Å². The molecule has 0 bridgehead atoms. The van der Waals surface area contributed by atoms with Crippen molar-refractivity contribution in [2.75, 3.05) is 13.2 Å². The fourth-order valence-corrected chi connectivity index (χ4v) is 3.00. The Kier molecular flexibility index (Phi) is 6.70. The molecule has 0 aliphatic carbocycles. The Morgan fingerprint density at radius 3 is 2.64 bits per heavy atom. The molecule has 0 spiro atoms. The Labute approximate surface area is 140 Å². The van der Waals surface area contributed by atoms with Crippen LogP contribution in [0.5, 0.6) is 0 Å². The number of rotatable bonds is 2. The molecule has 122 valence electrons. The summed E-state index contributed by atoms with van der Waals surface area (Å²) in [5.74, 6) is 0. The van der Waals surface area contributed by atoms with Gasteiger partial charge in [-0.2, -0.15) is 0 Å². The van der Waals surface area contributed by atoms with Crippen LogP contribution in [0.2, 0.25) is 0 Å². The van der Waals surface area contributed by atoms with Gasteiger partial charge in [-0.05, 0) is 56.7 Å². The number of aliphatic hydroxyl groups excluding tert-OH is 1. The van der Waals surface area contributed by atoms with Gasteiger partial charge in [0.1, 0.15) is 0 Å². The second-order valence-electron chi connectivity index (χ2n) is 5.83. The Morgan fingerprint density at radius 2 is 1.91 bits per heavy atom. The van der Waals surface area contributed by atoms with E-state index in [9.17, 15) is 9.90 Å². The van der Waals surface area contributed by atoms with E-state index >= 15 is 0 Å². The van der Waals surface area contributed by atoms with Gasteiger partial charge >= 0.3 is 6.09 Å². The molecule has 1 unspecified atom stereocenters. The van der Waals surface area contributed by atoms with E-state index in [1.54, 1.807) is 4.90 Å². The Hall–Kier alpha value is -1.07. The number of carbonyl (C=O) groups is 1. The second-order valence-corrected chi connectivity index (χ2v) is 6.74.